The zero-order chi connectivity index (χ0) is 39.0. The van der Waals surface area contributed by atoms with Gasteiger partial charge in [-0.2, -0.15) is 13.2 Å². The minimum atomic E-state index is -4.88. The first kappa shape index (κ1) is 36.8. The molecule has 1 spiro atoms. The second-order valence-corrected chi connectivity index (χ2v) is 14.9. The van der Waals surface area contributed by atoms with E-state index in [-0.39, 0.29) is 39.2 Å². The Morgan fingerprint density at radius 1 is 0.964 bits per heavy atom. The molecule has 2 saturated heterocycles. The SMILES string of the molecule is COc1nc(-c2cccc(-c3cccc(Nc4nc(C(F)(F)F)cc5c4c(=O)n(C)c(=O)n5C)c3Cl)c2Cl)cc2c1[C@@H](N1CC[C@@]3(CCNC(=O)N3)C1)CC2. The van der Waals surface area contributed by atoms with Gasteiger partial charge in [0.05, 0.1) is 39.6 Å². The fourth-order valence-corrected chi connectivity index (χ4v) is 8.81. The predicted molar refractivity (Wildman–Crippen MR) is 203 cm³/mol. The normalized spacial score (nSPS) is 19.8. The number of aryl methyl sites for hydroxylation is 2. The van der Waals surface area contributed by atoms with E-state index in [9.17, 15) is 27.6 Å². The largest absolute Gasteiger partial charge is 0.481 e. The lowest BCUT2D eigenvalue weighted by Crippen LogP contribution is -2.59. The van der Waals surface area contributed by atoms with Gasteiger partial charge in [-0.05, 0) is 49.4 Å². The van der Waals surface area contributed by atoms with Crippen molar-refractivity contribution in [3.8, 4) is 28.3 Å². The summed E-state index contributed by atoms with van der Waals surface area (Å²) >= 11 is 14.1. The number of anilines is 2. The fraction of sp³-hybridized carbons (Fsp3) is 0.342. The van der Waals surface area contributed by atoms with E-state index in [1.165, 1.54) is 20.2 Å². The van der Waals surface area contributed by atoms with Gasteiger partial charge >= 0.3 is 17.9 Å². The molecular weight excluding hydrogens is 760 g/mol. The number of methoxy groups -OCH3 is 1. The van der Waals surface area contributed by atoms with Crippen LogP contribution in [0.2, 0.25) is 10.0 Å². The van der Waals surface area contributed by atoms with E-state index in [1.54, 1.807) is 31.4 Å². The Hall–Kier alpha value is -5.12. The molecular formula is C38H35Cl2F3N8O4. The highest BCUT2D eigenvalue weighted by molar-refractivity contribution is 6.39. The molecule has 286 valence electrons. The predicted octanol–water partition coefficient (Wildman–Crippen LogP) is 6.57. The van der Waals surface area contributed by atoms with Crippen molar-refractivity contribution in [1.29, 1.82) is 0 Å². The average molecular weight is 796 g/mol. The monoisotopic (exact) mass is 794 g/mol. The molecule has 5 heterocycles. The Morgan fingerprint density at radius 2 is 1.69 bits per heavy atom. The van der Waals surface area contributed by atoms with Crippen molar-refractivity contribution < 1.29 is 22.7 Å². The summed E-state index contributed by atoms with van der Waals surface area (Å²) in [5.41, 5.74) is 1.07. The number of carbonyl (C=O) groups is 1. The van der Waals surface area contributed by atoms with Gasteiger partial charge in [0, 0.05) is 62.0 Å². The molecule has 3 aliphatic rings. The molecule has 1 aliphatic carbocycles. The third-order valence-corrected chi connectivity index (χ3v) is 11.8. The Balaban J connectivity index is 1.15. The number of benzene rings is 2. The van der Waals surface area contributed by atoms with Crippen LogP contribution in [0.4, 0.5) is 29.5 Å². The maximum absolute atomic E-state index is 14.0. The number of halogens is 5. The average Bonchev–Trinajstić information content (AvgIpc) is 3.77. The second kappa shape index (κ2) is 13.6. The molecule has 0 bridgehead atoms. The van der Waals surface area contributed by atoms with Crippen molar-refractivity contribution in [1.82, 2.24) is 34.6 Å². The van der Waals surface area contributed by atoms with Crippen LogP contribution in [0.25, 0.3) is 33.3 Å². The Morgan fingerprint density at radius 3 is 2.42 bits per heavy atom. The number of nitrogens with zero attached hydrogens (tertiary/aromatic N) is 5. The Labute approximate surface area is 322 Å². The zero-order valence-corrected chi connectivity index (χ0v) is 31.4. The summed E-state index contributed by atoms with van der Waals surface area (Å²) in [6, 6.07) is 13.0. The van der Waals surface area contributed by atoms with Gasteiger partial charge in [-0.25, -0.2) is 19.6 Å². The number of hydrogen-bond donors (Lipinski definition) is 3. The number of fused-ring (bicyclic) bond motifs is 2. The molecule has 0 unspecified atom stereocenters. The standard InChI is InChI=1S/C38H35Cl2F3N8O4/c1-49-26-17-27(38(41,42)43)47-32(29(26)34(52)50(2)36(49)54)45-23-9-5-7-21(31(23)40)20-6-4-8-22(30(20)39)24-16-19-10-11-25(28(19)33(46-24)55-3)51-15-13-37(18-51)12-14-44-35(53)48-37/h4-9,16-17,25H,10-15,18H2,1-3H3,(H,45,47)(H2,44,48,53)/t25-,37-/m0/s1. The van der Waals surface area contributed by atoms with Gasteiger partial charge in [0.1, 0.15) is 16.9 Å². The fourth-order valence-electron chi connectivity index (χ4n) is 8.21. The highest BCUT2D eigenvalue weighted by atomic mass is 35.5. The van der Waals surface area contributed by atoms with Gasteiger partial charge in [0.2, 0.25) is 5.88 Å². The van der Waals surface area contributed by atoms with Crippen LogP contribution < -0.4 is 31.9 Å². The van der Waals surface area contributed by atoms with Gasteiger partial charge in [-0.15, -0.1) is 0 Å². The number of urea groups is 1. The summed E-state index contributed by atoms with van der Waals surface area (Å²) < 4.78 is 49.6. The maximum atomic E-state index is 14.0. The smallest absolute Gasteiger partial charge is 0.433 e. The number of likely N-dealkylation sites (tertiary alicyclic amines) is 1. The van der Waals surface area contributed by atoms with Crippen LogP contribution in [-0.2, 0) is 26.7 Å². The first-order valence-electron chi connectivity index (χ1n) is 17.6. The number of rotatable bonds is 6. The summed E-state index contributed by atoms with van der Waals surface area (Å²) in [7, 11) is 4.10. The lowest BCUT2D eigenvalue weighted by Gasteiger charge is -2.36. The van der Waals surface area contributed by atoms with Crippen LogP contribution in [0.15, 0.2) is 58.1 Å². The molecule has 2 aromatic carbocycles. The molecule has 8 rings (SSSR count). The molecule has 3 aromatic heterocycles. The Bertz CT molecular complexity index is 2540. The summed E-state index contributed by atoms with van der Waals surface area (Å²) in [4.78, 5) is 49.1. The van der Waals surface area contributed by atoms with Gasteiger partial charge < -0.3 is 20.7 Å². The Kier molecular flexibility index (Phi) is 9.09. The van der Waals surface area contributed by atoms with E-state index in [0.717, 1.165) is 59.0 Å². The van der Waals surface area contributed by atoms with Gasteiger partial charge in [-0.1, -0.05) is 53.5 Å². The number of pyridine rings is 2. The van der Waals surface area contributed by atoms with Crippen molar-refractivity contribution in [2.75, 3.05) is 32.1 Å². The third-order valence-electron chi connectivity index (χ3n) is 11.0. The zero-order valence-electron chi connectivity index (χ0n) is 29.9. The molecule has 5 aromatic rings. The molecule has 2 fully saturated rings. The van der Waals surface area contributed by atoms with E-state index in [1.807, 2.05) is 12.1 Å². The second-order valence-electron chi connectivity index (χ2n) is 14.2. The number of ether oxygens (including phenoxy) is 1. The maximum Gasteiger partial charge on any atom is 0.433 e. The highest BCUT2D eigenvalue weighted by Crippen LogP contribution is 2.47. The summed E-state index contributed by atoms with van der Waals surface area (Å²) in [5, 5.41) is 9.06. The van der Waals surface area contributed by atoms with Crippen molar-refractivity contribution in [2.24, 2.45) is 14.1 Å². The van der Waals surface area contributed by atoms with E-state index in [2.05, 4.69) is 25.8 Å². The van der Waals surface area contributed by atoms with Gasteiger partial charge in [0.15, 0.2) is 0 Å². The molecule has 2 atom stereocenters. The lowest BCUT2D eigenvalue weighted by atomic mass is 9.93. The first-order chi connectivity index (χ1) is 26.2. The molecule has 2 amide bonds. The minimum absolute atomic E-state index is 0.0852. The molecule has 12 nitrogen and oxygen atoms in total. The number of nitrogens with one attached hydrogen (secondary N) is 3. The van der Waals surface area contributed by atoms with Gasteiger partial charge in [-0.3, -0.25) is 18.8 Å². The summed E-state index contributed by atoms with van der Waals surface area (Å²) in [5.74, 6) is 0.0812. The van der Waals surface area contributed by atoms with Crippen molar-refractivity contribution in [3.63, 3.8) is 0 Å². The molecule has 17 heteroatoms. The molecule has 0 radical (unpaired) electrons. The van der Waals surface area contributed by atoms with Crippen LogP contribution in [0.1, 0.15) is 42.1 Å². The molecule has 55 heavy (non-hydrogen) atoms. The first-order valence-corrected chi connectivity index (χ1v) is 18.4. The summed E-state index contributed by atoms with van der Waals surface area (Å²) in [6.07, 6.45) is -1.47. The molecule has 0 saturated carbocycles. The topological polar surface area (TPSA) is 135 Å². The van der Waals surface area contributed by atoms with Crippen LogP contribution in [0.5, 0.6) is 5.88 Å². The quantitative estimate of drug-likeness (QED) is 0.176. The van der Waals surface area contributed by atoms with E-state index >= 15 is 0 Å². The van der Waals surface area contributed by atoms with Crippen molar-refractivity contribution >= 4 is 51.6 Å². The number of alkyl halides is 3. The number of carbonyl (C=O) groups excluding carboxylic acids is 1. The van der Waals surface area contributed by atoms with Crippen LogP contribution in [0.3, 0.4) is 0 Å². The third kappa shape index (κ3) is 6.27. The van der Waals surface area contributed by atoms with Gasteiger partial charge in [0.25, 0.3) is 5.56 Å². The van der Waals surface area contributed by atoms with Crippen molar-refractivity contribution in [3.05, 3.63) is 96.2 Å². The van der Waals surface area contributed by atoms with E-state index in [0.29, 0.717) is 45.9 Å². The lowest BCUT2D eigenvalue weighted by molar-refractivity contribution is -0.141. The van der Waals surface area contributed by atoms with Crippen LogP contribution >= 0.6 is 23.2 Å². The number of aromatic nitrogens is 4. The highest BCUT2D eigenvalue weighted by Gasteiger charge is 2.45. The van der Waals surface area contributed by atoms with E-state index in [4.69, 9.17) is 32.9 Å². The molecule has 3 N–H and O–H groups in total. The molecule has 2 aliphatic heterocycles. The van der Waals surface area contributed by atoms with Crippen LogP contribution in [0, 0.1) is 0 Å². The number of amides is 2. The number of hydrogen-bond acceptors (Lipinski definition) is 8. The minimum Gasteiger partial charge on any atom is -0.481 e. The van der Waals surface area contributed by atoms with Crippen LogP contribution in [-0.4, -0.2) is 62.3 Å². The summed E-state index contributed by atoms with van der Waals surface area (Å²) in [6.45, 7) is 2.23. The van der Waals surface area contributed by atoms with E-state index < -0.39 is 28.9 Å². The van der Waals surface area contributed by atoms with Crippen molar-refractivity contribution in [2.45, 2.75) is 43.4 Å².